The molecular formula is C18H18ClN3O2S. The lowest BCUT2D eigenvalue weighted by atomic mass is 10.1. The van der Waals surface area contributed by atoms with Gasteiger partial charge in [0.25, 0.3) is 5.91 Å². The highest BCUT2D eigenvalue weighted by atomic mass is 35.5. The van der Waals surface area contributed by atoms with Crippen LogP contribution in [-0.4, -0.2) is 16.0 Å². The van der Waals surface area contributed by atoms with Crippen molar-refractivity contribution in [3.8, 4) is 11.4 Å². The molecule has 5 nitrogen and oxygen atoms in total. The molecule has 0 radical (unpaired) electrons. The SMILES string of the molecule is CC(C)c1cc(C(=O)NC(C)c2nc(-c3ccccc3Cl)no2)cs1. The molecule has 1 N–H and O–H groups in total. The van der Waals surface area contributed by atoms with E-state index in [9.17, 15) is 4.79 Å². The van der Waals surface area contributed by atoms with Gasteiger partial charge in [-0.05, 0) is 31.0 Å². The van der Waals surface area contributed by atoms with Crippen molar-refractivity contribution in [2.75, 3.05) is 0 Å². The predicted octanol–water partition coefficient (Wildman–Crippen LogP) is 5.07. The number of halogens is 1. The van der Waals surface area contributed by atoms with Crippen LogP contribution >= 0.6 is 22.9 Å². The van der Waals surface area contributed by atoms with E-state index in [-0.39, 0.29) is 5.91 Å². The Morgan fingerprint density at radius 1 is 1.28 bits per heavy atom. The minimum atomic E-state index is -0.404. The van der Waals surface area contributed by atoms with Gasteiger partial charge in [-0.3, -0.25) is 4.79 Å². The summed E-state index contributed by atoms with van der Waals surface area (Å²) in [4.78, 5) is 17.9. The molecule has 0 fully saturated rings. The van der Waals surface area contributed by atoms with Gasteiger partial charge in [0.15, 0.2) is 0 Å². The Hall–Kier alpha value is -2.18. The molecule has 0 aliphatic heterocycles. The van der Waals surface area contributed by atoms with Crippen molar-refractivity contribution in [2.45, 2.75) is 32.7 Å². The number of rotatable bonds is 5. The normalized spacial score (nSPS) is 12.4. The Bertz CT molecular complexity index is 888. The summed E-state index contributed by atoms with van der Waals surface area (Å²) in [6.45, 7) is 6.01. The number of hydrogen-bond donors (Lipinski definition) is 1. The molecule has 3 rings (SSSR count). The zero-order valence-corrected chi connectivity index (χ0v) is 15.7. The number of aromatic nitrogens is 2. The van der Waals surface area contributed by atoms with Crippen LogP contribution in [0.25, 0.3) is 11.4 Å². The maximum Gasteiger partial charge on any atom is 0.252 e. The monoisotopic (exact) mass is 375 g/mol. The summed E-state index contributed by atoms with van der Waals surface area (Å²) in [6.07, 6.45) is 0. The predicted molar refractivity (Wildman–Crippen MR) is 99.0 cm³/mol. The van der Waals surface area contributed by atoms with Crippen molar-refractivity contribution in [2.24, 2.45) is 0 Å². The molecule has 0 aliphatic carbocycles. The maximum atomic E-state index is 12.4. The second-order valence-electron chi connectivity index (χ2n) is 6.02. The fourth-order valence-corrected chi connectivity index (χ4v) is 3.40. The van der Waals surface area contributed by atoms with Gasteiger partial charge in [-0.15, -0.1) is 11.3 Å². The molecule has 7 heteroatoms. The van der Waals surface area contributed by atoms with Crippen LogP contribution < -0.4 is 5.32 Å². The maximum absolute atomic E-state index is 12.4. The molecule has 1 amide bonds. The third-order valence-electron chi connectivity index (χ3n) is 3.73. The van der Waals surface area contributed by atoms with E-state index in [0.717, 1.165) is 0 Å². The van der Waals surface area contributed by atoms with Crippen LogP contribution in [0, 0.1) is 0 Å². The molecule has 0 saturated heterocycles. The van der Waals surface area contributed by atoms with E-state index in [2.05, 4.69) is 29.3 Å². The van der Waals surface area contributed by atoms with E-state index >= 15 is 0 Å². The average molecular weight is 376 g/mol. The Balaban J connectivity index is 1.72. The average Bonchev–Trinajstić information content (AvgIpc) is 3.25. The highest BCUT2D eigenvalue weighted by Crippen LogP contribution is 2.26. The lowest BCUT2D eigenvalue weighted by molar-refractivity contribution is 0.0933. The topological polar surface area (TPSA) is 68.0 Å². The molecule has 0 aliphatic rings. The number of carbonyl (C=O) groups is 1. The molecule has 130 valence electrons. The number of nitrogens with one attached hydrogen (secondary N) is 1. The Kier molecular flexibility index (Phi) is 5.20. The minimum Gasteiger partial charge on any atom is -0.340 e. The largest absolute Gasteiger partial charge is 0.340 e. The lowest BCUT2D eigenvalue weighted by Crippen LogP contribution is -2.26. The zero-order chi connectivity index (χ0) is 18.0. The van der Waals surface area contributed by atoms with Crippen LogP contribution in [-0.2, 0) is 0 Å². The van der Waals surface area contributed by atoms with Crippen LogP contribution in [0.2, 0.25) is 5.02 Å². The summed E-state index contributed by atoms with van der Waals surface area (Å²) < 4.78 is 5.28. The number of thiophene rings is 1. The summed E-state index contributed by atoms with van der Waals surface area (Å²) in [7, 11) is 0. The first-order valence-corrected chi connectivity index (χ1v) is 9.19. The summed E-state index contributed by atoms with van der Waals surface area (Å²) in [5.41, 5.74) is 1.34. The van der Waals surface area contributed by atoms with Gasteiger partial charge in [-0.25, -0.2) is 0 Å². The number of nitrogens with zero attached hydrogens (tertiary/aromatic N) is 2. The number of benzene rings is 1. The molecule has 2 heterocycles. The van der Waals surface area contributed by atoms with Crippen LogP contribution in [0.5, 0.6) is 0 Å². The van der Waals surface area contributed by atoms with E-state index in [1.807, 2.05) is 29.6 Å². The molecule has 25 heavy (non-hydrogen) atoms. The van der Waals surface area contributed by atoms with Crippen molar-refractivity contribution >= 4 is 28.8 Å². The molecule has 1 aromatic carbocycles. The van der Waals surface area contributed by atoms with Crippen LogP contribution in [0.3, 0.4) is 0 Å². The van der Waals surface area contributed by atoms with Gasteiger partial charge in [0.2, 0.25) is 11.7 Å². The smallest absolute Gasteiger partial charge is 0.252 e. The Morgan fingerprint density at radius 2 is 2.04 bits per heavy atom. The van der Waals surface area contributed by atoms with Gasteiger partial charge in [0.1, 0.15) is 6.04 Å². The van der Waals surface area contributed by atoms with E-state index in [1.54, 1.807) is 24.3 Å². The van der Waals surface area contributed by atoms with Gasteiger partial charge in [0, 0.05) is 15.8 Å². The lowest BCUT2D eigenvalue weighted by Gasteiger charge is -2.08. The standard InChI is InChI=1S/C18H18ClN3O2S/c1-10(2)15-8-12(9-25-15)17(23)20-11(3)18-21-16(22-24-18)13-6-4-5-7-14(13)19/h4-11H,1-3H3,(H,20,23). The number of hydrogen-bond acceptors (Lipinski definition) is 5. The summed E-state index contributed by atoms with van der Waals surface area (Å²) in [5, 5.41) is 9.25. The van der Waals surface area contributed by atoms with E-state index in [0.29, 0.717) is 33.8 Å². The first-order valence-electron chi connectivity index (χ1n) is 7.93. The van der Waals surface area contributed by atoms with Crippen LogP contribution in [0.15, 0.2) is 40.2 Å². The van der Waals surface area contributed by atoms with Crippen molar-refractivity contribution in [3.63, 3.8) is 0 Å². The van der Waals surface area contributed by atoms with Crippen molar-refractivity contribution in [1.29, 1.82) is 0 Å². The summed E-state index contributed by atoms with van der Waals surface area (Å²) >= 11 is 7.73. The third-order valence-corrected chi connectivity index (χ3v) is 5.29. The Labute approximate surface area is 155 Å². The third kappa shape index (κ3) is 3.91. The fraction of sp³-hybridized carbons (Fsp3) is 0.278. The van der Waals surface area contributed by atoms with E-state index in [4.69, 9.17) is 16.1 Å². The molecule has 1 atom stereocenters. The van der Waals surface area contributed by atoms with Crippen molar-refractivity contribution < 1.29 is 9.32 Å². The molecule has 0 spiro atoms. The molecule has 2 aromatic heterocycles. The minimum absolute atomic E-state index is 0.159. The number of amides is 1. The first kappa shape index (κ1) is 17.6. The van der Waals surface area contributed by atoms with Crippen LogP contribution in [0.4, 0.5) is 0 Å². The zero-order valence-electron chi connectivity index (χ0n) is 14.1. The Morgan fingerprint density at radius 3 is 2.72 bits per heavy atom. The van der Waals surface area contributed by atoms with Gasteiger partial charge < -0.3 is 9.84 Å². The first-order chi connectivity index (χ1) is 12.0. The molecule has 0 saturated carbocycles. The van der Waals surface area contributed by atoms with E-state index < -0.39 is 6.04 Å². The van der Waals surface area contributed by atoms with Gasteiger partial charge in [-0.2, -0.15) is 4.98 Å². The van der Waals surface area contributed by atoms with Crippen molar-refractivity contribution in [1.82, 2.24) is 15.5 Å². The van der Waals surface area contributed by atoms with Crippen LogP contribution in [0.1, 0.15) is 53.9 Å². The highest BCUT2D eigenvalue weighted by Gasteiger charge is 2.20. The highest BCUT2D eigenvalue weighted by molar-refractivity contribution is 7.10. The summed E-state index contributed by atoms with van der Waals surface area (Å²) in [5.74, 6) is 0.980. The molecule has 1 unspecified atom stereocenters. The van der Waals surface area contributed by atoms with E-state index in [1.165, 1.54) is 4.88 Å². The van der Waals surface area contributed by atoms with Gasteiger partial charge >= 0.3 is 0 Å². The molecular weight excluding hydrogens is 358 g/mol. The fourth-order valence-electron chi connectivity index (χ4n) is 2.28. The summed E-state index contributed by atoms with van der Waals surface area (Å²) in [6, 6.07) is 8.78. The molecule has 3 aromatic rings. The van der Waals surface area contributed by atoms with Gasteiger partial charge in [0.05, 0.1) is 10.6 Å². The quantitative estimate of drug-likeness (QED) is 0.676. The second kappa shape index (κ2) is 7.37. The number of carbonyl (C=O) groups excluding carboxylic acids is 1. The second-order valence-corrected chi connectivity index (χ2v) is 7.37. The molecule has 0 bridgehead atoms. The van der Waals surface area contributed by atoms with Crippen molar-refractivity contribution in [3.05, 3.63) is 57.1 Å². The van der Waals surface area contributed by atoms with Gasteiger partial charge in [-0.1, -0.05) is 42.7 Å².